The van der Waals surface area contributed by atoms with Gasteiger partial charge in [-0.15, -0.1) is 11.8 Å². The second-order valence-corrected chi connectivity index (χ2v) is 5.75. The zero-order valence-corrected chi connectivity index (χ0v) is 13.2. The number of halogens is 1. The average Bonchev–Trinajstić information content (AvgIpc) is 2.54. The van der Waals surface area contributed by atoms with Gasteiger partial charge in [-0.25, -0.2) is 0 Å². The van der Waals surface area contributed by atoms with Crippen molar-refractivity contribution in [3.63, 3.8) is 0 Å². The summed E-state index contributed by atoms with van der Waals surface area (Å²) >= 11 is 7.28. The number of para-hydroxylation sites is 1. The number of rotatable bonds is 6. The molecular weight excluding hydrogens is 322 g/mol. The van der Waals surface area contributed by atoms with Crippen molar-refractivity contribution < 1.29 is 14.3 Å². The summed E-state index contributed by atoms with van der Waals surface area (Å²) in [4.78, 5) is 24.3. The summed E-state index contributed by atoms with van der Waals surface area (Å²) in [5.74, 6) is -0.710. The van der Waals surface area contributed by atoms with E-state index in [9.17, 15) is 9.59 Å². The van der Waals surface area contributed by atoms with Gasteiger partial charge in [0.15, 0.2) is 6.61 Å². The third-order valence-corrected chi connectivity index (χ3v) is 3.93. The van der Waals surface area contributed by atoms with Gasteiger partial charge in [0.25, 0.3) is 5.91 Å². The Morgan fingerprint density at radius 1 is 1.05 bits per heavy atom. The number of carbonyl (C=O) groups excluding carboxylic acids is 2. The predicted molar refractivity (Wildman–Crippen MR) is 88.2 cm³/mol. The summed E-state index contributed by atoms with van der Waals surface area (Å²) in [5, 5.41) is 3.02. The molecule has 2 aromatic carbocycles. The fourth-order valence-electron chi connectivity index (χ4n) is 1.60. The first-order chi connectivity index (χ1) is 10.6. The van der Waals surface area contributed by atoms with Crippen LogP contribution in [-0.4, -0.2) is 24.2 Å². The third-order valence-electron chi connectivity index (χ3n) is 2.61. The molecule has 1 N–H and O–H groups in total. The van der Waals surface area contributed by atoms with E-state index in [1.165, 1.54) is 11.8 Å². The van der Waals surface area contributed by atoms with Crippen molar-refractivity contribution in [3.8, 4) is 0 Å². The maximum absolute atomic E-state index is 11.7. The highest BCUT2D eigenvalue weighted by molar-refractivity contribution is 8.00. The Bertz CT molecular complexity index is 649. The average molecular weight is 336 g/mol. The normalized spacial score (nSPS) is 10.0. The molecular formula is C16H14ClNO3S. The summed E-state index contributed by atoms with van der Waals surface area (Å²) in [6.07, 6.45) is 0. The molecule has 0 unspecified atom stereocenters. The van der Waals surface area contributed by atoms with E-state index in [-0.39, 0.29) is 12.4 Å². The Labute approximate surface area is 137 Å². The Morgan fingerprint density at radius 3 is 2.45 bits per heavy atom. The van der Waals surface area contributed by atoms with Crippen molar-refractivity contribution in [2.24, 2.45) is 0 Å². The van der Waals surface area contributed by atoms with Crippen molar-refractivity contribution in [1.82, 2.24) is 0 Å². The lowest BCUT2D eigenvalue weighted by Gasteiger charge is -2.07. The Balaban J connectivity index is 1.72. The van der Waals surface area contributed by atoms with Crippen LogP contribution in [-0.2, 0) is 14.3 Å². The molecule has 22 heavy (non-hydrogen) atoms. The van der Waals surface area contributed by atoms with E-state index in [0.29, 0.717) is 10.7 Å². The second kappa shape index (κ2) is 8.46. The molecule has 6 heteroatoms. The lowest BCUT2D eigenvalue weighted by atomic mass is 10.3. The van der Waals surface area contributed by atoms with Gasteiger partial charge < -0.3 is 10.1 Å². The van der Waals surface area contributed by atoms with Crippen molar-refractivity contribution in [2.75, 3.05) is 17.7 Å². The smallest absolute Gasteiger partial charge is 0.316 e. The van der Waals surface area contributed by atoms with Crippen LogP contribution in [0.1, 0.15) is 0 Å². The number of amides is 1. The van der Waals surface area contributed by atoms with Gasteiger partial charge >= 0.3 is 5.97 Å². The van der Waals surface area contributed by atoms with Gasteiger partial charge in [-0.1, -0.05) is 41.9 Å². The molecule has 0 bridgehead atoms. The van der Waals surface area contributed by atoms with E-state index in [2.05, 4.69) is 5.32 Å². The molecule has 0 heterocycles. The predicted octanol–water partition coefficient (Wildman–Crippen LogP) is 3.61. The largest absolute Gasteiger partial charge is 0.455 e. The molecule has 0 aliphatic carbocycles. The van der Waals surface area contributed by atoms with Gasteiger partial charge in [0.1, 0.15) is 0 Å². The minimum absolute atomic E-state index is 0.156. The standard InChI is InChI=1S/C16H14ClNO3S/c17-13-8-4-5-9-14(13)18-15(19)10-21-16(20)11-22-12-6-2-1-3-7-12/h1-9H,10-11H2,(H,18,19). The van der Waals surface area contributed by atoms with Crippen LogP contribution in [0.5, 0.6) is 0 Å². The molecule has 0 fully saturated rings. The highest BCUT2D eigenvalue weighted by Gasteiger charge is 2.09. The maximum atomic E-state index is 11.7. The molecule has 0 spiro atoms. The van der Waals surface area contributed by atoms with Gasteiger partial charge in [-0.2, -0.15) is 0 Å². The van der Waals surface area contributed by atoms with Gasteiger partial charge in [0.2, 0.25) is 0 Å². The van der Waals surface area contributed by atoms with Crippen molar-refractivity contribution in [2.45, 2.75) is 4.90 Å². The highest BCUT2D eigenvalue weighted by Crippen LogP contribution is 2.20. The first-order valence-corrected chi connectivity index (χ1v) is 7.89. The molecule has 114 valence electrons. The molecule has 0 aromatic heterocycles. The van der Waals surface area contributed by atoms with E-state index < -0.39 is 11.9 Å². The molecule has 1 amide bonds. The number of carbonyl (C=O) groups is 2. The first kappa shape index (κ1) is 16.4. The van der Waals surface area contributed by atoms with Gasteiger partial charge in [0, 0.05) is 4.90 Å². The zero-order chi connectivity index (χ0) is 15.8. The molecule has 2 rings (SSSR count). The molecule has 0 saturated carbocycles. The number of hydrogen-bond acceptors (Lipinski definition) is 4. The number of anilines is 1. The van der Waals surface area contributed by atoms with Gasteiger partial charge in [-0.3, -0.25) is 9.59 Å². The van der Waals surface area contributed by atoms with Crippen molar-refractivity contribution in [1.29, 1.82) is 0 Å². The Kier molecular flexibility index (Phi) is 6.30. The van der Waals surface area contributed by atoms with E-state index in [4.69, 9.17) is 16.3 Å². The minimum Gasteiger partial charge on any atom is -0.455 e. The van der Waals surface area contributed by atoms with Crippen molar-refractivity contribution >= 4 is 40.9 Å². The van der Waals surface area contributed by atoms with Crippen LogP contribution in [0.2, 0.25) is 5.02 Å². The number of nitrogens with one attached hydrogen (secondary N) is 1. The van der Waals surface area contributed by atoms with Crippen LogP contribution in [0.25, 0.3) is 0 Å². The van der Waals surface area contributed by atoms with Crippen LogP contribution < -0.4 is 5.32 Å². The lowest BCUT2D eigenvalue weighted by molar-refractivity contribution is -0.144. The summed E-state index contributed by atoms with van der Waals surface area (Å²) in [7, 11) is 0. The maximum Gasteiger partial charge on any atom is 0.316 e. The first-order valence-electron chi connectivity index (χ1n) is 6.53. The second-order valence-electron chi connectivity index (χ2n) is 4.29. The number of hydrogen-bond donors (Lipinski definition) is 1. The molecule has 4 nitrogen and oxygen atoms in total. The van der Waals surface area contributed by atoms with E-state index in [1.54, 1.807) is 24.3 Å². The summed E-state index contributed by atoms with van der Waals surface area (Å²) in [6.45, 7) is -0.334. The molecule has 0 aliphatic rings. The zero-order valence-electron chi connectivity index (χ0n) is 11.6. The number of benzene rings is 2. The van der Waals surface area contributed by atoms with Crippen LogP contribution in [0, 0.1) is 0 Å². The third kappa shape index (κ3) is 5.42. The molecule has 0 atom stereocenters. The van der Waals surface area contributed by atoms with Crippen LogP contribution in [0.3, 0.4) is 0 Å². The van der Waals surface area contributed by atoms with Crippen molar-refractivity contribution in [3.05, 3.63) is 59.6 Å². The molecule has 0 saturated heterocycles. The lowest BCUT2D eigenvalue weighted by Crippen LogP contribution is -2.21. The van der Waals surface area contributed by atoms with Gasteiger partial charge in [0.05, 0.1) is 16.5 Å². The van der Waals surface area contributed by atoms with E-state index in [0.717, 1.165) is 4.90 Å². The van der Waals surface area contributed by atoms with Gasteiger partial charge in [-0.05, 0) is 24.3 Å². The number of esters is 1. The van der Waals surface area contributed by atoms with E-state index in [1.807, 2.05) is 30.3 Å². The fraction of sp³-hybridized carbons (Fsp3) is 0.125. The Morgan fingerprint density at radius 2 is 1.73 bits per heavy atom. The van der Waals surface area contributed by atoms with Crippen LogP contribution >= 0.6 is 23.4 Å². The highest BCUT2D eigenvalue weighted by atomic mass is 35.5. The molecule has 0 radical (unpaired) electrons. The number of ether oxygens (including phenoxy) is 1. The minimum atomic E-state index is -0.442. The monoisotopic (exact) mass is 335 g/mol. The summed E-state index contributed by atoms with van der Waals surface area (Å²) in [6, 6.07) is 16.4. The Hall–Kier alpha value is -1.98. The van der Waals surface area contributed by atoms with Crippen LogP contribution in [0.4, 0.5) is 5.69 Å². The quantitative estimate of drug-likeness (QED) is 0.647. The fourth-order valence-corrected chi connectivity index (χ4v) is 2.50. The summed E-state index contributed by atoms with van der Waals surface area (Å²) < 4.78 is 4.92. The number of thioether (sulfide) groups is 1. The summed E-state index contributed by atoms with van der Waals surface area (Å²) in [5.41, 5.74) is 0.490. The molecule has 0 aliphatic heterocycles. The van der Waals surface area contributed by atoms with Crippen LogP contribution in [0.15, 0.2) is 59.5 Å². The topological polar surface area (TPSA) is 55.4 Å². The van der Waals surface area contributed by atoms with E-state index >= 15 is 0 Å². The molecule has 2 aromatic rings. The SMILES string of the molecule is O=C(COC(=O)CSc1ccccc1)Nc1ccccc1Cl.